The van der Waals surface area contributed by atoms with E-state index in [0.29, 0.717) is 36.8 Å². The van der Waals surface area contributed by atoms with Gasteiger partial charge in [0.1, 0.15) is 6.61 Å². The standard InChI is InChI=1S/C22H23ClN2O5/c1-15-10-18-20(19(11-15)25(27)28)30-14-22(21(18)26,13-24-6-8-29-9-7-24)12-16-2-4-17(23)5-3-16/h2-5,10-11H,6-9,12-14H2,1H3. The van der Waals surface area contributed by atoms with Gasteiger partial charge in [-0.25, -0.2) is 0 Å². The Morgan fingerprint density at radius 1 is 1.20 bits per heavy atom. The molecule has 1 unspecified atom stereocenters. The van der Waals surface area contributed by atoms with Crippen molar-refractivity contribution < 1.29 is 19.2 Å². The molecule has 0 aromatic heterocycles. The van der Waals surface area contributed by atoms with Crippen LogP contribution in [0.25, 0.3) is 0 Å². The molecule has 0 bridgehead atoms. The van der Waals surface area contributed by atoms with E-state index in [1.165, 1.54) is 6.07 Å². The number of carbonyl (C=O) groups is 1. The number of hydrogen-bond acceptors (Lipinski definition) is 6. The highest BCUT2D eigenvalue weighted by Crippen LogP contribution is 2.43. The van der Waals surface area contributed by atoms with Crippen LogP contribution < -0.4 is 4.74 Å². The third-order valence-corrected chi connectivity index (χ3v) is 5.97. The average molecular weight is 431 g/mol. The molecule has 2 aromatic rings. The molecule has 158 valence electrons. The van der Waals surface area contributed by atoms with Crippen molar-refractivity contribution in [1.29, 1.82) is 0 Å². The number of nitro groups is 1. The van der Waals surface area contributed by atoms with E-state index < -0.39 is 10.3 Å². The van der Waals surface area contributed by atoms with Gasteiger partial charge in [-0.15, -0.1) is 0 Å². The highest BCUT2D eigenvalue weighted by Gasteiger charge is 2.47. The van der Waals surface area contributed by atoms with Crippen LogP contribution in [-0.2, 0) is 11.2 Å². The maximum atomic E-state index is 13.8. The van der Waals surface area contributed by atoms with Gasteiger partial charge in [0, 0.05) is 30.7 Å². The van der Waals surface area contributed by atoms with Gasteiger partial charge in [0.2, 0.25) is 5.75 Å². The molecule has 1 saturated heterocycles. The molecule has 7 nitrogen and oxygen atoms in total. The first-order chi connectivity index (χ1) is 14.4. The fraction of sp³-hybridized carbons (Fsp3) is 0.409. The Bertz CT molecular complexity index is 972. The number of hydrogen-bond donors (Lipinski definition) is 0. The van der Waals surface area contributed by atoms with Crippen molar-refractivity contribution in [3.05, 3.63) is 68.2 Å². The van der Waals surface area contributed by atoms with Crippen molar-refractivity contribution >= 4 is 23.1 Å². The lowest BCUT2D eigenvalue weighted by Gasteiger charge is -2.41. The average Bonchev–Trinajstić information content (AvgIpc) is 2.73. The number of Topliss-reactive ketones (excluding diaryl/α,β-unsaturated/α-hetero) is 1. The Hall–Kier alpha value is -2.48. The smallest absolute Gasteiger partial charge is 0.311 e. The van der Waals surface area contributed by atoms with Crippen LogP contribution in [0.15, 0.2) is 36.4 Å². The van der Waals surface area contributed by atoms with Crippen molar-refractivity contribution in [2.75, 3.05) is 39.5 Å². The summed E-state index contributed by atoms with van der Waals surface area (Å²) in [5.74, 6) is -0.0405. The van der Waals surface area contributed by atoms with Gasteiger partial charge < -0.3 is 9.47 Å². The summed E-state index contributed by atoms with van der Waals surface area (Å²) in [5, 5.41) is 12.1. The Labute approximate surface area is 179 Å². The number of ketones is 1. The first-order valence-corrected chi connectivity index (χ1v) is 10.3. The summed E-state index contributed by atoms with van der Waals surface area (Å²) >= 11 is 6.03. The minimum atomic E-state index is -0.847. The topological polar surface area (TPSA) is 81.9 Å². The van der Waals surface area contributed by atoms with Crippen molar-refractivity contribution in [3.63, 3.8) is 0 Å². The van der Waals surface area contributed by atoms with E-state index in [9.17, 15) is 14.9 Å². The van der Waals surface area contributed by atoms with E-state index >= 15 is 0 Å². The summed E-state index contributed by atoms with van der Waals surface area (Å²) in [6, 6.07) is 10.6. The maximum absolute atomic E-state index is 13.8. The van der Waals surface area contributed by atoms with E-state index in [1.807, 2.05) is 12.1 Å². The Morgan fingerprint density at radius 3 is 2.57 bits per heavy atom. The van der Waals surface area contributed by atoms with Gasteiger partial charge >= 0.3 is 5.69 Å². The monoisotopic (exact) mass is 430 g/mol. The lowest BCUT2D eigenvalue weighted by atomic mass is 9.73. The van der Waals surface area contributed by atoms with Crippen LogP contribution in [0.4, 0.5) is 5.69 Å². The molecule has 2 aliphatic rings. The van der Waals surface area contributed by atoms with Crippen molar-refractivity contribution in [2.24, 2.45) is 5.41 Å². The molecular formula is C22H23ClN2O5. The van der Waals surface area contributed by atoms with E-state index in [4.69, 9.17) is 21.1 Å². The van der Waals surface area contributed by atoms with Crippen LogP contribution in [0.2, 0.25) is 5.02 Å². The number of ether oxygens (including phenoxy) is 2. The van der Waals surface area contributed by atoms with Crippen LogP contribution in [0.5, 0.6) is 5.75 Å². The van der Waals surface area contributed by atoms with Gasteiger partial charge in [0.25, 0.3) is 0 Å². The molecule has 8 heteroatoms. The summed E-state index contributed by atoms with van der Waals surface area (Å²) in [6.07, 6.45) is 0.460. The molecule has 2 heterocycles. The lowest BCUT2D eigenvalue weighted by molar-refractivity contribution is -0.386. The number of rotatable bonds is 5. The molecule has 0 saturated carbocycles. The van der Waals surface area contributed by atoms with E-state index in [-0.39, 0.29) is 29.4 Å². The molecule has 0 spiro atoms. The molecule has 30 heavy (non-hydrogen) atoms. The van der Waals surface area contributed by atoms with Crippen LogP contribution in [0.1, 0.15) is 21.5 Å². The summed E-state index contributed by atoms with van der Waals surface area (Å²) in [6.45, 7) is 5.03. The molecule has 0 aliphatic carbocycles. The largest absolute Gasteiger partial charge is 0.485 e. The number of benzene rings is 2. The Kier molecular flexibility index (Phi) is 5.77. The summed E-state index contributed by atoms with van der Waals surface area (Å²) in [7, 11) is 0. The quantitative estimate of drug-likeness (QED) is 0.531. The molecular weight excluding hydrogens is 408 g/mol. The van der Waals surface area contributed by atoms with Gasteiger partial charge in [-0.2, -0.15) is 0 Å². The molecule has 4 rings (SSSR count). The molecule has 2 aromatic carbocycles. The predicted molar refractivity (Wildman–Crippen MR) is 113 cm³/mol. The minimum absolute atomic E-state index is 0.0734. The Morgan fingerprint density at radius 2 is 1.90 bits per heavy atom. The molecule has 0 radical (unpaired) electrons. The number of morpholine rings is 1. The summed E-state index contributed by atoms with van der Waals surface area (Å²) < 4.78 is 11.4. The molecule has 2 aliphatic heterocycles. The predicted octanol–water partition coefficient (Wildman–Crippen LogP) is 3.69. The van der Waals surface area contributed by atoms with Gasteiger partial charge in [-0.3, -0.25) is 19.8 Å². The fourth-order valence-electron chi connectivity index (χ4n) is 4.26. The fourth-order valence-corrected chi connectivity index (χ4v) is 4.38. The third kappa shape index (κ3) is 4.05. The molecule has 0 N–H and O–H groups in total. The minimum Gasteiger partial charge on any atom is -0.485 e. The molecule has 1 fully saturated rings. The number of aryl methyl sites for hydroxylation is 1. The normalized spacial score (nSPS) is 21.7. The van der Waals surface area contributed by atoms with E-state index in [1.54, 1.807) is 25.1 Å². The second-order valence-corrected chi connectivity index (χ2v) is 8.44. The highest BCUT2D eigenvalue weighted by atomic mass is 35.5. The van der Waals surface area contributed by atoms with E-state index in [2.05, 4.69) is 4.90 Å². The van der Waals surface area contributed by atoms with E-state index in [0.717, 1.165) is 18.7 Å². The van der Waals surface area contributed by atoms with Gasteiger partial charge in [-0.1, -0.05) is 23.7 Å². The first kappa shape index (κ1) is 20.8. The molecule has 1 atom stereocenters. The zero-order valence-corrected chi connectivity index (χ0v) is 17.5. The zero-order valence-electron chi connectivity index (χ0n) is 16.7. The number of fused-ring (bicyclic) bond motifs is 1. The van der Waals surface area contributed by atoms with Gasteiger partial charge in [-0.05, 0) is 42.7 Å². The lowest BCUT2D eigenvalue weighted by Crippen LogP contribution is -2.53. The number of nitrogens with zero attached hydrogens (tertiary/aromatic N) is 2. The van der Waals surface area contributed by atoms with Crippen LogP contribution in [0, 0.1) is 22.5 Å². The maximum Gasteiger partial charge on any atom is 0.311 e. The summed E-state index contributed by atoms with van der Waals surface area (Å²) in [4.78, 5) is 27.0. The van der Waals surface area contributed by atoms with Crippen LogP contribution in [-0.4, -0.2) is 55.1 Å². The van der Waals surface area contributed by atoms with Crippen molar-refractivity contribution in [2.45, 2.75) is 13.3 Å². The van der Waals surface area contributed by atoms with Gasteiger partial charge in [0.15, 0.2) is 5.78 Å². The highest BCUT2D eigenvalue weighted by molar-refractivity contribution is 6.30. The van der Waals surface area contributed by atoms with Crippen LogP contribution >= 0.6 is 11.6 Å². The first-order valence-electron chi connectivity index (χ1n) is 9.89. The van der Waals surface area contributed by atoms with Crippen molar-refractivity contribution in [3.8, 4) is 5.75 Å². The second kappa shape index (κ2) is 8.34. The third-order valence-electron chi connectivity index (χ3n) is 5.72. The number of carbonyl (C=O) groups excluding carboxylic acids is 1. The zero-order chi connectivity index (χ0) is 21.3. The SMILES string of the molecule is Cc1cc2c(c([N+](=O)[O-])c1)OCC(Cc1ccc(Cl)cc1)(CN1CCOCC1)C2=O. The number of halogens is 1. The van der Waals surface area contributed by atoms with Gasteiger partial charge in [0.05, 0.1) is 29.1 Å². The van der Waals surface area contributed by atoms with Crippen molar-refractivity contribution in [1.82, 2.24) is 4.90 Å². The number of nitro benzene ring substituents is 1. The molecule has 0 amide bonds. The summed E-state index contributed by atoms with van der Waals surface area (Å²) in [5.41, 5.74) is 0.904. The Balaban J connectivity index is 1.75. The van der Waals surface area contributed by atoms with Crippen LogP contribution in [0.3, 0.4) is 0 Å². The second-order valence-electron chi connectivity index (χ2n) is 8.01.